The minimum Gasteiger partial charge on any atom is -0.384 e. The van der Waals surface area contributed by atoms with Crippen LogP contribution in [0.25, 0.3) is 0 Å². The molecule has 2 aliphatic heterocycles. The third kappa shape index (κ3) is 3.24. The molecule has 0 bridgehead atoms. The van der Waals surface area contributed by atoms with Crippen LogP contribution in [0.2, 0.25) is 0 Å². The molecule has 0 aromatic heterocycles. The van der Waals surface area contributed by atoms with Crippen molar-refractivity contribution < 1.29 is 9.59 Å². The summed E-state index contributed by atoms with van der Waals surface area (Å²) < 4.78 is 0. The second kappa shape index (κ2) is 6.71. The summed E-state index contributed by atoms with van der Waals surface area (Å²) in [7, 11) is 0. The van der Waals surface area contributed by atoms with Crippen LogP contribution in [-0.4, -0.2) is 60.3 Å². The number of anilines is 1. The third-order valence-corrected chi connectivity index (χ3v) is 4.99. The summed E-state index contributed by atoms with van der Waals surface area (Å²) in [6, 6.07) is 5.92. The second-order valence-electron chi connectivity index (χ2n) is 6.38. The largest absolute Gasteiger partial charge is 0.384 e. The SMILES string of the molecule is CCC(C(=O)c1ccc2c(c1)CCN2)N1CCN(C(C)=O)CC1. The van der Waals surface area contributed by atoms with Gasteiger partial charge in [-0.25, -0.2) is 0 Å². The van der Waals surface area contributed by atoms with Gasteiger partial charge in [0.1, 0.15) is 0 Å². The average molecular weight is 315 g/mol. The molecular weight excluding hydrogens is 290 g/mol. The maximum atomic E-state index is 12.9. The summed E-state index contributed by atoms with van der Waals surface area (Å²) in [5.41, 5.74) is 3.21. The summed E-state index contributed by atoms with van der Waals surface area (Å²) in [6.45, 7) is 7.61. The predicted octanol–water partition coefficient (Wildman–Crippen LogP) is 1.78. The van der Waals surface area contributed by atoms with Crippen molar-refractivity contribution in [1.82, 2.24) is 9.80 Å². The van der Waals surface area contributed by atoms with Gasteiger partial charge in [-0.1, -0.05) is 6.92 Å². The van der Waals surface area contributed by atoms with E-state index in [1.807, 2.05) is 23.1 Å². The Morgan fingerprint density at radius 3 is 2.61 bits per heavy atom. The molecule has 0 aliphatic carbocycles. The molecule has 1 atom stereocenters. The van der Waals surface area contributed by atoms with E-state index in [0.29, 0.717) is 13.1 Å². The van der Waals surface area contributed by atoms with Gasteiger partial charge < -0.3 is 10.2 Å². The van der Waals surface area contributed by atoms with Gasteiger partial charge in [-0.2, -0.15) is 0 Å². The number of rotatable bonds is 4. The number of carbonyl (C=O) groups is 2. The number of carbonyl (C=O) groups excluding carboxylic acids is 2. The average Bonchev–Trinajstić information content (AvgIpc) is 3.03. The molecule has 1 unspecified atom stereocenters. The Balaban J connectivity index is 1.71. The number of hydrogen-bond donors (Lipinski definition) is 1. The summed E-state index contributed by atoms with van der Waals surface area (Å²) in [5, 5.41) is 3.33. The molecule has 0 spiro atoms. The lowest BCUT2D eigenvalue weighted by Crippen LogP contribution is -2.53. The highest BCUT2D eigenvalue weighted by Gasteiger charge is 2.29. The molecular formula is C18H25N3O2. The van der Waals surface area contributed by atoms with E-state index < -0.39 is 0 Å². The molecule has 1 aromatic rings. The molecule has 0 saturated carbocycles. The summed E-state index contributed by atoms with van der Waals surface area (Å²) in [5.74, 6) is 0.327. The molecule has 124 valence electrons. The van der Waals surface area contributed by atoms with Crippen molar-refractivity contribution in [3.05, 3.63) is 29.3 Å². The zero-order valence-electron chi connectivity index (χ0n) is 14.0. The molecule has 23 heavy (non-hydrogen) atoms. The van der Waals surface area contributed by atoms with Gasteiger partial charge in [-0.05, 0) is 36.6 Å². The number of nitrogens with zero attached hydrogens (tertiary/aromatic N) is 2. The second-order valence-corrected chi connectivity index (χ2v) is 6.38. The molecule has 1 aromatic carbocycles. The standard InChI is InChI=1S/C18H25N3O2/c1-3-17(21-10-8-20(9-11-21)13(2)22)18(23)15-4-5-16-14(12-15)6-7-19-16/h4-5,12,17,19H,3,6-11H2,1-2H3. The highest BCUT2D eigenvalue weighted by molar-refractivity contribution is 6.00. The van der Waals surface area contributed by atoms with E-state index in [4.69, 9.17) is 0 Å². The molecule has 2 heterocycles. The van der Waals surface area contributed by atoms with Gasteiger partial charge in [0, 0.05) is 50.9 Å². The summed E-state index contributed by atoms with van der Waals surface area (Å²) >= 11 is 0. The normalized spacial score (nSPS) is 19.1. The molecule has 1 amide bonds. The molecule has 5 nitrogen and oxygen atoms in total. The zero-order chi connectivity index (χ0) is 16.4. The van der Waals surface area contributed by atoms with Crippen LogP contribution in [0.1, 0.15) is 36.2 Å². The van der Waals surface area contributed by atoms with Crippen LogP contribution in [0.4, 0.5) is 5.69 Å². The number of benzene rings is 1. The van der Waals surface area contributed by atoms with Crippen LogP contribution >= 0.6 is 0 Å². The first-order chi connectivity index (χ1) is 11.1. The fourth-order valence-electron chi connectivity index (χ4n) is 3.61. The Labute approximate surface area is 137 Å². The molecule has 1 saturated heterocycles. The number of piperazine rings is 1. The first kappa shape index (κ1) is 16.0. The van der Waals surface area contributed by atoms with Crippen molar-refractivity contribution in [2.24, 2.45) is 0 Å². The van der Waals surface area contributed by atoms with E-state index in [9.17, 15) is 9.59 Å². The van der Waals surface area contributed by atoms with E-state index in [2.05, 4.69) is 17.1 Å². The van der Waals surface area contributed by atoms with Crippen molar-refractivity contribution >= 4 is 17.4 Å². The molecule has 0 radical (unpaired) electrons. The fraction of sp³-hybridized carbons (Fsp3) is 0.556. The van der Waals surface area contributed by atoms with Gasteiger partial charge in [0.2, 0.25) is 5.91 Å². The van der Waals surface area contributed by atoms with Crippen LogP contribution in [0, 0.1) is 0 Å². The van der Waals surface area contributed by atoms with E-state index in [-0.39, 0.29) is 17.7 Å². The van der Waals surface area contributed by atoms with Crippen molar-refractivity contribution in [1.29, 1.82) is 0 Å². The molecule has 3 rings (SSSR count). The minimum absolute atomic E-state index is 0.0866. The number of ketones is 1. The van der Waals surface area contributed by atoms with E-state index >= 15 is 0 Å². The number of Topliss-reactive ketones (excluding diaryl/α,β-unsaturated/α-hetero) is 1. The van der Waals surface area contributed by atoms with Crippen LogP contribution in [-0.2, 0) is 11.2 Å². The summed E-state index contributed by atoms with van der Waals surface area (Å²) in [4.78, 5) is 28.5. The number of hydrogen-bond acceptors (Lipinski definition) is 4. The number of nitrogens with one attached hydrogen (secondary N) is 1. The quantitative estimate of drug-likeness (QED) is 0.861. The topological polar surface area (TPSA) is 52.7 Å². The first-order valence-corrected chi connectivity index (χ1v) is 8.50. The lowest BCUT2D eigenvalue weighted by molar-refractivity contribution is -0.130. The Kier molecular flexibility index (Phi) is 4.66. The van der Waals surface area contributed by atoms with Crippen LogP contribution in [0.5, 0.6) is 0 Å². The first-order valence-electron chi connectivity index (χ1n) is 8.50. The Morgan fingerprint density at radius 1 is 1.22 bits per heavy atom. The van der Waals surface area contributed by atoms with Crippen molar-refractivity contribution in [2.75, 3.05) is 38.0 Å². The van der Waals surface area contributed by atoms with E-state index in [0.717, 1.165) is 43.7 Å². The Hall–Kier alpha value is -1.88. The molecule has 1 N–H and O–H groups in total. The lowest BCUT2D eigenvalue weighted by atomic mass is 9.97. The molecule has 2 aliphatic rings. The zero-order valence-corrected chi connectivity index (χ0v) is 14.0. The van der Waals surface area contributed by atoms with Crippen molar-refractivity contribution in [3.63, 3.8) is 0 Å². The maximum Gasteiger partial charge on any atom is 0.219 e. The number of amides is 1. The van der Waals surface area contributed by atoms with Gasteiger partial charge in [0.05, 0.1) is 6.04 Å². The molecule has 1 fully saturated rings. The lowest BCUT2D eigenvalue weighted by Gasteiger charge is -2.38. The van der Waals surface area contributed by atoms with Crippen LogP contribution < -0.4 is 5.32 Å². The van der Waals surface area contributed by atoms with Crippen LogP contribution in [0.15, 0.2) is 18.2 Å². The van der Waals surface area contributed by atoms with E-state index in [1.54, 1.807) is 6.92 Å². The summed E-state index contributed by atoms with van der Waals surface area (Å²) in [6.07, 6.45) is 1.79. The monoisotopic (exact) mass is 315 g/mol. The van der Waals surface area contributed by atoms with Gasteiger partial charge in [-0.3, -0.25) is 14.5 Å². The van der Waals surface area contributed by atoms with Gasteiger partial charge >= 0.3 is 0 Å². The highest BCUT2D eigenvalue weighted by Crippen LogP contribution is 2.24. The Bertz CT molecular complexity index is 606. The van der Waals surface area contributed by atoms with Gasteiger partial charge in [-0.15, -0.1) is 0 Å². The van der Waals surface area contributed by atoms with Crippen molar-refractivity contribution in [2.45, 2.75) is 32.7 Å². The van der Waals surface area contributed by atoms with Gasteiger partial charge in [0.25, 0.3) is 0 Å². The predicted molar refractivity (Wildman–Crippen MR) is 90.9 cm³/mol. The highest BCUT2D eigenvalue weighted by atomic mass is 16.2. The van der Waals surface area contributed by atoms with Crippen molar-refractivity contribution in [3.8, 4) is 0 Å². The van der Waals surface area contributed by atoms with Crippen LogP contribution in [0.3, 0.4) is 0 Å². The minimum atomic E-state index is -0.0866. The number of fused-ring (bicyclic) bond motifs is 1. The smallest absolute Gasteiger partial charge is 0.219 e. The fourth-order valence-corrected chi connectivity index (χ4v) is 3.61. The maximum absolute atomic E-state index is 12.9. The Morgan fingerprint density at radius 2 is 1.96 bits per heavy atom. The van der Waals surface area contributed by atoms with Gasteiger partial charge in [0.15, 0.2) is 5.78 Å². The molecule has 5 heteroatoms. The third-order valence-electron chi connectivity index (χ3n) is 4.99. The van der Waals surface area contributed by atoms with E-state index in [1.165, 1.54) is 5.56 Å².